The average molecular weight is 113 g/mol. The molecule has 0 aromatic heterocycles. The molecular formula is C7H15N. The maximum absolute atomic E-state index is 5.45. The van der Waals surface area contributed by atoms with Gasteiger partial charge in [-0.2, -0.15) is 0 Å². The molecule has 0 bridgehead atoms. The molecule has 8 heavy (non-hydrogen) atoms. The predicted molar refractivity (Wildman–Crippen MR) is 37.6 cm³/mol. The maximum Gasteiger partial charge on any atom is 0.0194 e. The molecule has 1 unspecified atom stereocenters. The van der Waals surface area contributed by atoms with Crippen LogP contribution in [-0.2, 0) is 0 Å². The van der Waals surface area contributed by atoms with E-state index in [1.165, 1.54) is 0 Å². The van der Waals surface area contributed by atoms with Crippen LogP contribution in [-0.4, -0.2) is 6.04 Å². The molecule has 0 fully saturated rings. The second-order valence-corrected chi connectivity index (χ2v) is 2.49. The number of allylic oxidation sites excluding steroid dienone is 1. The van der Waals surface area contributed by atoms with Gasteiger partial charge in [0.25, 0.3) is 0 Å². The molecule has 0 aromatic carbocycles. The number of nitrogens with two attached hydrogens (primary N) is 1. The first-order chi connectivity index (χ1) is 3.63. The molecule has 0 saturated heterocycles. The molecule has 1 heteroatoms. The Morgan fingerprint density at radius 3 is 1.75 bits per heavy atom. The van der Waals surface area contributed by atoms with Crippen LogP contribution in [0.3, 0.4) is 0 Å². The molecule has 0 spiro atoms. The lowest BCUT2D eigenvalue weighted by Crippen LogP contribution is -2.10. The Labute approximate surface area is 51.6 Å². The molecule has 0 aliphatic rings. The molecule has 0 aliphatic heterocycles. The molecule has 0 aromatic rings. The lowest BCUT2D eigenvalue weighted by molar-refractivity contribution is 0.811. The fraction of sp³-hybridized carbons (Fsp3) is 0.714. The van der Waals surface area contributed by atoms with Crippen LogP contribution in [0.5, 0.6) is 0 Å². The SMILES string of the molecule is CC(C)/C=C\C(C)N. The summed E-state index contributed by atoms with van der Waals surface area (Å²) in [5.74, 6) is 0.626. The predicted octanol–water partition coefficient (Wildman–Crippen LogP) is 1.55. The highest BCUT2D eigenvalue weighted by molar-refractivity contribution is 4.90. The fourth-order valence-corrected chi connectivity index (χ4v) is 0.397. The van der Waals surface area contributed by atoms with Crippen LogP contribution in [0.15, 0.2) is 12.2 Å². The molecule has 2 N–H and O–H groups in total. The van der Waals surface area contributed by atoms with Gasteiger partial charge in [-0.05, 0) is 12.8 Å². The zero-order valence-electron chi connectivity index (χ0n) is 5.89. The standard InChI is InChI=1S/C7H15N/c1-6(2)4-5-7(3)8/h4-7H,8H2,1-3H3/b5-4-. The summed E-state index contributed by atoms with van der Waals surface area (Å²) in [6, 6.07) is 0.206. The monoisotopic (exact) mass is 113 g/mol. The maximum atomic E-state index is 5.45. The van der Waals surface area contributed by atoms with Crippen LogP contribution in [0, 0.1) is 5.92 Å². The molecule has 0 rings (SSSR count). The van der Waals surface area contributed by atoms with Crippen molar-refractivity contribution in [3.05, 3.63) is 12.2 Å². The van der Waals surface area contributed by atoms with Gasteiger partial charge in [0.1, 0.15) is 0 Å². The van der Waals surface area contributed by atoms with Crippen molar-refractivity contribution in [1.82, 2.24) is 0 Å². The van der Waals surface area contributed by atoms with E-state index in [1.54, 1.807) is 0 Å². The Balaban J connectivity index is 3.34. The Bertz CT molecular complexity index is 62.5. The van der Waals surface area contributed by atoms with E-state index < -0.39 is 0 Å². The van der Waals surface area contributed by atoms with Crippen molar-refractivity contribution in [3.63, 3.8) is 0 Å². The van der Waals surface area contributed by atoms with E-state index in [2.05, 4.69) is 19.9 Å². The minimum atomic E-state index is 0.206. The van der Waals surface area contributed by atoms with Crippen LogP contribution in [0.1, 0.15) is 20.8 Å². The van der Waals surface area contributed by atoms with E-state index in [0.29, 0.717) is 5.92 Å². The number of hydrogen-bond acceptors (Lipinski definition) is 1. The van der Waals surface area contributed by atoms with Gasteiger partial charge in [-0.3, -0.25) is 0 Å². The third-order valence-corrected chi connectivity index (χ3v) is 0.800. The van der Waals surface area contributed by atoms with Crippen molar-refractivity contribution in [2.45, 2.75) is 26.8 Å². The average Bonchev–Trinajstić information content (AvgIpc) is 1.61. The fourth-order valence-electron chi connectivity index (χ4n) is 0.397. The molecule has 1 atom stereocenters. The summed E-state index contributed by atoms with van der Waals surface area (Å²) in [4.78, 5) is 0. The van der Waals surface area contributed by atoms with Gasteiger partial charge in [-0.1, -0.05) is 26.0 Å². The second kappa shape index (κ2) is 3.67. The summed E-state index contributed by atoms with van der Waals surface area (Å²) in [5, 5.41) is 0. The molecule has 0 radical (unpaired) electrons. The molecule has 48 valence electrons. The van der Waals surface area contributed by atoms with Crippen molar-refractivity contribution in [2.75, 3.05) is 0 Å². The lowest BCUT2D eigenvalue weighted by atomic mass is 10.2. The van der Waals surface area contributed by atoms with E-state index >= 15 is 0 Å². The minimum Gasteiger partial charge on any atom is -0.325 e. The normalized spacial score (nSPS) is 15.6. The minimum absolute atomic E-state index is 0.206. The molecule has 0 saturated carbocycles. The third-order valence-electron chi connectivity index (χ3n) is 0.800. The van der Waals surface area contributed by atoms with Gasteiger partial charge < -0.3 is 5.73 Å². The van der Waals surface area contributed by atoms with Gasteiger partial charge in [0.2, 0.25) is 0 Å². The van der Waals surface area contributed by atoms with Crippen molar-refractivity contribution in [3.8, 4) is 0 Å². The largest absolute Gasteiger partial charge is 0.325 e. The van der Waals surface area contributed by atoms with Gasteiger partial charge in [0, 0.05) is 6.04 Å². The van der Waals surface area contributed by atoms with Crippen LogP contribution in [0.2, 0.25) is 0 Å². The first-order valence-corrected chi connectivity index (χ1v) is 3.07. The van der Waals surface area contributed by atoms with Gasteiger partial charge in [-0.25, -0.2) is 0 Å². The molecule has 0 aliphatic carbocycles. The first-order valence-electron chi connectivity index (χ1n) is 3.07. The molecule has 0 amide bonds. The molecule has 0 heterocycles. The summed E-state index contributed by atoms with van der Waals surface area (Å²) >= 11 is 0. The Morgan fingerprint density at radius 1 is 1.12 bits per heavy atom. The van der Waals surface area contributed by atoms with Gasteiger partial charge in [0.05, 0.1) is 0 Å². The van der Waals surface area contributed by atoms with Gasteiger partial charge >= 0.3 is 0 Å². The topological polar surface area (TPSA) is 26.0 Å². The molecule has 1 nitrogen and oxygen atoms in total. The zero-order chi connectivity index (χ0) is 6.57. The number of rotatable bonds is 2. The summed E-state index contributed by atoms with van der Waals surface area (Å²) < 4.78 is 0. The van der Waals surface area contributed by atoms with E-state index in [9.17, 15) is 0 Å². The zero-order valence-corrected chi connectivity index (χ0v) is 5.89. The van der Waals surface area contributed by atoms with Crippen molar-refractivity contribution >= 4 is 0 Å². The van der Waals surface area contributed by atoms with Crippen LogP contribution >= 0.6 is 0 Å². The van der Waals surface area contributed by atoms with Gasteiger partial charge in [-0.15, -0.1) is 0 Å². The van der Waals surface area contributed by atoms with Crippen molar-refractivity contribution in [1.29, 1.82) is 0 Å². The Morgan fingerprint density at radius 2 is 1.62 bits per heavy atom. The highest BCUT2D eigenvalue weighted by Crippen LogP contribution is 1.93. The summed E-state index contributed by atoms with van der Waals surface area (Å²) in [5.41, 5.74) is 5.45. The van der Waals surface area contributed by atoms with E-state index in [0.717, 1.165) is 0 Å². The van der Waals surface area contributed by atoms with Crippen LogP contribution in [0.4, 0.5) is 0 Å². The summed E-state index contributed by atoms with van der Waals surface area (Å²) in [7, 11) is 0. The van der Waals surface area contributed by atoms with Gasteiger partial charge in [0.15, 0.2) is 0 Å². The van der Waals surface area contributed by atoms with Crippen LogP contribution < -0.4 is 5.73 Å². The summed E-state index contributed by atoms with van der Waals surface area (Å²) in [6.45, 7) is 6.25. The Kier molecular flexibility index (Phi) is 3.53. The van der Waals surface area contributed by atoms with Crippen LogP contribution in [0.25, 0.3) is 0 Å². The number of hydrogen-bond donors (Lipinski definition) is 1. The van der Waals surface area contributed by atoms with Crippen molar-refractivity contribution in [2.24, 2.45) is 11.7 Å². The van der Waals surface area contributed by atoms with E-state index in [4.69, 9.17) is 5.73 Å². The highest BCUT2D eigenvalue weighted by Gasteiger charge is 1.85. The first kappa shape index (κ1) is 7.70. The van der Waals surface area contributed by atoms with E-state index in [-0.39, 0.29) is 6.04 Å². The third kappa shape index (κ3) is 5.70. The molecular weight excluding hydrogens is 98.1 g/mol. The Hall–Kier alpha value is -0.300. The van der Waals surface area contributed by atoms with Crippen molar-refractivity contribution < 1.29 is 0 Å². The quantitative estimate of drug-likeness (QED) is 0.540. The lowest BCUT2D eigenvalue weighted by Gasteiger charge is -1.95. The smallest absolute Gasteiger partial charge is 0.0194 e. The highest BCUT2D eigenvalue weighted by atomic mass is 14.6. The van der Waals surface area contributed by atoms with E-state index in [1.807, 2.05) is 13.0 Å². The second-order valence-electron chi connectivity index (χ2n) is 2.49. The summed E-state index contributed by atoms with van der Waals surface area (Å²) in [6.07, 6.45) is 4.13.